The van der Waals surface area contributed by atoms with Crippen molar-refractivity contribution in [2.24, 2.45) is 0 Å². The number of carboxylic acid groups (broad SMARTS) is 1. The van der Waals surface area contributed by atoms with E-state index in [-0.39, 0.29) is 18.4 Å². The predicted molar refractivity (Wildman–Crippen MR) is 73.7 cm³/mol. The number of carboxylic acids is 1. The number of nitrogens with zero attached hydrogens (tertiary/aromatic N) is 2. The lowest BCUT2D eigenvalue weighted by Gasteiger charge is -2.24. The van der Waals surface area contributed by atoms with Gasteiger partial charge in [-0.05, 0) is 24.3 Å². The first kappa shape index (κ1) is 14.5. The number of likely N-dealkylation sites (tertiary alicyclic amines) is 1. The Kier molecular flexibility index (Phi) is 4.39. The van der Waals surface area contributed by atoms with E-state index in [2.05, 4.69) is 0 Å². The highest BCUT2D eigenvalue weighted by atomic mass is 32.1. The summed E-state index contributed by atoms with van der Waals surface area (Å²) in [7, 11) is 1.55. The zero-order valence-electron chi connectivity index (χ0n) is 11.1. The molecule has 1 aromatic heterocycles. The molecule has 1 N–H and O–H groups in total. The summed E-state index contributed by atoms with van der Waals surface area (Å²) in [6.45, 7) is 0.345. The fraction of sp³-hybridized carbons (Fsp3) is 0.462. The molecule has 1 fully saturated rings. The number of rotatable bonds is 4. The molecule has 1 aliphatic rings. The summed E-state index contributed by atoms with van der Waals surface area (Å²) < 4.78 is 0. The summed E-state index contributed by atoms with van der Waals surface area (Å²) in [5, 5.41) is 10.8. The maximum Gasteiger partial charge on any atom is 0.326 e. The molecule has 6 nitrogen and oxygen atoms in total. The van der Waals surface area contributed by atoms with Crippen molar-refractivity contribution in [2.45, 2.75) is 18.9 Å². The number of hydrogen-bond donors (Lipinski definition) is 1. The lowest BCUT2D eigenvalue weighted by molar-refractivity contribution is -0.148. The average Bonchev–Trinajstić information content (AvgIpc) is 3.08. The molecule has 0 spiro atoms. The SMILES string of the molecule is CN(CC(=O)N1CCC[C@H]1C(=O)O)C(=O)c1cccs1. The van der Waals surface area contributed by atoms with Gasteiger partial charge in [-0.1, -0.05) is 6.07 Å². The molecule has 108 valence electrons. The summed E-state index contributed by atoms with van der Waals surface area (Å²) in [5.74, 6) is -1.52. The van der Waals surface area contributed by atoms with Gasteiger partial charge in [0, 0.05) is 13.6 Å². The highest BCUT2D eigenvalue weighted by Gasteiger charge is 2.34. The van der Waals surface area contributed by atoms with Crippen LogP contribution in [-0.4, -0.2) is 58.9 Å². The van der Waals surface area contributed by atoms with Crippen LogP contribution in [0.25, 0.3) is 0 Å². The molecule has 1 atom stereocenters. The van der Waals surface area contributed by atoms with Crippen molar-refractivity contribution in [1.29, 1.82) is 0 Å². The first-order valence-corrected chi connectivity index (χ1v) is 7.20. The van der Waals surface area contributed by atoms with Crippen LogP contribution < -0.4 is 0 Å². The second-order valence-electron chi connectivity index (χ2n) is 4.72. The minimum Gasteiger partial charge on any atom is -0.480 e. The van der Waals surface area contributed by atoms with Gasteiger partial charge in [-0.25, -0.2) is 4.79 Å². The summed E-state index contributed by atoms with van der Waals surface area (Å²) in [6, 6.07) is 2.71. The van der Waals surface area contributed by atoms with Gasteiger partial charge in [-0.15, -0.1) is 11.3 Å². The Morgan fingerprint density at radius 3 is 2.85 bits per heavy atom. The first-order chi connectivity index (χ1) is 9.50. The maximum atomic E-state index is 12.1. The second-order valence-corrected chi connectivity index (χ2v) is 5.67. The van der Waals surface area contributed by atoms with E-state index < -0.39 is 12.0 Å². The van der Waals surface area contributed by atoms with E-state index in [4.69, 9.17) is 5.11 Å². The Hall–Kier alpha value is -1.89. The molecule has 2 heterocycles. The van der Waals surface area contributed by atoms with E-state index in [1.807, 2.05) is 0 Å². The minimum absolute atomic E-state index is 0.0967. The van der Waals surface area contributed by atoms with Crippen LogP contribution in [0.15, 0.2) is 17.5 Å². The van der Waals surface area contributed by atoms with Gasteiger partial charge in [0.2, 0.25) is 5.91 Å². The number of amides is 2. The number of carbonyl (C=O) groups excluding carboxylic acids is 2. The molecular formula is C13H16N2O4S. The van der Waals surface area contributed by atoms with Crippen LogP contribution in [0.4, 0.5) is 0 Å². The summed E-state index contributed by atoms with van der Waals surface area (Å²) in [4.78, 5) is 38.4. The number of aliphatic carboxylic acids is 1. The van der Waals surface area contributed by atoms with E-state index in [0.717, 1.165) is 0 Å². The molecule has 0 unspecified atom stereocenters. The summed E-state index contributed by atoms with van der Waals surface area (Å²) in [6.07, 6.45) is 1.16. The van der Waals surface area contributed by atoms with Crippen molar-refractivity contribution >= 4 is 29.1 Å². The highest BCUT2D eigenvalue weighted by molar-refractivity contribution is 7.12. The van der Waals surface area contributed by atoms with Crippen molar-refractivity contribution < 1.29 is 19.5 Å². The predicted octanol–water partition coefficient (Wildman–Crippen LogP) is 0.896. The van der Waals surface area contributed by atoms with Crippen LogP contribution in [0.3, 0.4) is 0 Å². The van der Waals surface area contributed by atoms with Gasteiger partial charge in [0.1, 0.15) is 6.04 Å². The van der Waals surface area contributed by atoms with E-state index in [1.54, 1.807) is 24.6 Å². The van der Waals surface area contributed by atoms with E-state index in [0.29, 0.717) is 24.3 Å². The second kappa shape index (κ2) is 6.04. The molecule has 0 saturated carbocycles. The third-order valence-electron chi connectivity index (χ3n) is 3.31. The molecule has 7 heteroatoms. The summed E-state index contributed by atoms with van der Waals surface area (Å²) in [5.41, 5.74) is 0. The molecule has 0 aromatic carbocycles. The zero-order chi connectivity index (χ0) is 14.7. The number of likely N-dealkylation sites (N-methyl/N-ethyl adjacent to an activating group) is 1. The first-order valence-electron chi connectivity index (χ1n) is 6.32. The maximum absolute atomic E-state index is 12.1. The smallest absolute Gasteiger partial charge is 0.326 e. The molecule has 0 radical (unpaired) electrons. The molecule has 1 aromatic rings. The van der Waals surface area contributed by atoms with Crippen LogP contribution in [0.2, 0.25) is 0 Å². The molecular weight excluding hydrogens is 280 g/mol. The standard InChI is InChI=1S/C13H16N2O4S/c1-14(12(17)10-5-3-7-20-10)8-11(16)15-6-2-4-9(15)13(18)19/h3,5,7,9H,2,4,6,8H2,1H3,(H,18,19)/t9-/m0/s1. The van der Waals surface area contributed by atoms with Gasteiger partial charge in [0.25, 0.3) is 5.91 Å². The van der Waals surface area contributed by atoms with Crippen molar-refractivity contribution in [3.05, 3.63) is 22.4 Å². The van der Waals surface area contributed by atoms with E-state index in [9.17, 15) is 14.4 Å². The van der Waals surface area contributed by atoms with E-state index >= 15 is 0 Å². The van der Waals surface area contributed by atoms with Gasteiger partial charge in [0.05, 0.1) is 11.4 Å². The van der Waals surface area contributed by atoms with Crippen molar-refractivity contribution in [2.75, 3.05) is 20.1 Å². The Morgan fingerprint density at radius 2 is 2.25 bits per heavy atom. The van der Waals surface area contributed by atoms with Crippen molar-refractivity contribution in [3.63, 3.8) is 0 Å². The monoisotopic (exact) mass is 296 g/mol. The van der Waals surface area contributed by atoms with Crippen LogP contribution in [0, 0.1) is 0 Å². The zero-order valence-corrected chi connectivity index (χ0v) is 11.9. The Morgan fingerprint density at radius 1 is 1.50 bits per heavy atom. The van der Waals surface area contributed by atoms with Gasteiger partial charge >= 0.3 is 5.97 Å². The third-order valence-corrected chi connectivity index (χ3v) is 4.17. The topological polar surface area (TPSA) is 77.9 Å². The van der Waals surface area contributed by atoms with Gasteiger partial charge in [0.15, 0.2) is 0 Å². The molecule has 2 rings (SSSR count). The lowest BCUT2D eigenvalue weighted by Crippen LogP contribution is -2.45. The number of thiophene rings is 1. The molecule has 2 amide bonds. The van der Waals surface area contributed by atoms with Crippen LogP contribution >= 0.6 is 11.3 Å². The number of carbonyl (C=O) groups is 3. The minimum atomic E-state index is -0.983. The summed E-state index contributed by atoms with van der Waals surface area (Å²) >= 11 is 1.31. The van der Waals surface area contributed by atoms with Crippen LogP contribution in [0.1, 0.15) is 22.5 Å². The Balaban J connectivity index is 1.97. The largest absolute Gasteiger partial charge is 0.480 e. The van der Waals surface area contributed by atoms with Gasteiger partial charge in [-0.2, -0.15) is 0 Å². The van der Waals surface area contributed by atoms with Crippen molar-refractivity contribution in [3.8, 4) is 0 Å². The quantitative estimate of drug-likeness (QED) is 0.895. The van der Waals surface area contributed by atoms with Gasteiger partial charge in [-0.3, -0.25) is 9.59 Å². The number of hydrogen-bond acceptors (Lipinski definition) is 4. The Bertz CT molecular complexity index is 514. The van der Waals surface area contributed by atoms with Crippen molar-refractivity contribution in [1.82, 2.24) is 9.80 Å². The molecule has 0 bridgehead atoms. The normalized spacial score (nSPS) is 18.1. The lowest BCUT2D eigenvalue weighted by atomic mass is 10.2. The Labute approximate surface area is 120 Å². The fourth-order valence-electron chi connectivity index (χ4n) is 2.28. The molecule has 1 saturated heterocycles. The average molecular weight is 296 g/mol. The molecule has 0 aliphatic carbocycles. The molecule has 20 heavy (non-hydrogen) atoms. The van der Waals surface area contributed by atoms with Gasteiger partial charge < -0.3 is 14.9 Å². The fourth-order valence-corrected chi connectivity index (χ4v) is 2.99. The van der Waals surface area contributed by atoms with Crippen LogP contribution in [-0.2, 0) is 9.59 Å². The molecule has 1 aliphatic heterocycles. The third kappa shape index (κ3) is 2.98. The highest BCUT2D eigenvalue weighted by Crippen LogP contribution is 2.18. The van der Waals surface area contributed by atoms with E-state index in [1.165, 1.54) is 21.1 Å². The van der Waals surface area contributed by atoms with Crippen LogP contribution in [0.5, 0.6) is 0 Å².